The predicted octanol–water partition coefficient (Wildman–Crippen LogP) is 4.24. The van der Waals surface area contributed by atoms with E-state index in [2.05, 4.69) is 30.0 Å². The van der Waals surface area contributed by atoms with E-state index < -0.39 is 40.4 Å². The van der Waals surface area contributed by atoms with Gasteiger partial charge in [0.05, 0.1) is 22.7 Å². The summed E-state index contributed by atoms with van der Waals surface area (Å²) in [7, 11) is 1.46. The molecule has 0 saturated heterocycles. The van der Waals surface area contributed by atoms with E-state index in [1.807, 2.05) is 0 Å². The van der Waals surface area contributed by atoms with Crippen molar-refractivity contribution in [1.29, 1.82) is 0 Å². The molecule has 14 heteroatoms. The molecule has 0 amide bonds. The van der Waals surface area contributed by atoms with E-state index in [9.17, 15) is 26.3 Å². The molecule has 3 aromatic heterocycles. The third kappa shape index (κ3) is 4.15. The summed E-state index contributed by atoms with van der Waals surface area (Å²) in [5, 5.41) is 3.66. The lowest BCUT2D eigenvalue weighted by atomic mass is 10.0. The van der Waals surface area contributed by atoms with E-state index in [-0.39, 0.29) is 17.8 Å². The number of halogens is 6. The van der Waals surface area contributed by atoms with E-state index in [1.54, 1.807) is 13.0 Å². The Bertz CT molecular complexity index is 1290. The van der Waals surface area contributed by atoms with Crippen molar-refractivity contribution in [2.24, 2.45) is 0 Å². The minimum Gasteiger partial charge on any atom is -0.349 e. The van der Waals surface area contributed by atoms with E-state index in [0.717, 1.165) is 6.33 Å². The van der Waals surface area contributed by atoms with Crippen LogP contribution in [0.2, 0.25) is 0 Å². The molecule has 4 rings (SSSR count). The fraction of sp³-hybridized carbons (Fsp3) is 0.263. The highest BCUT2D eigenvalue weighted by Gasteiger charge is 2.39. The van der Waals surface area contributed by atoms with Gasteiger partial charge in [0.15, 0.2) is 5.82 Å². The number of hydrogen-bond acceptors (Lipinski definition) is 7. The molecule has 0 fully saturated rings. The Morgan fingerprint density at radius 1 is 0.879 bits per heavy atom. The molecule has 4 aromatic rings. The summed E-state index contributed by atoms with van der Waals surface area (Å²) < 4.78 is 82.2. The van der Waals surface area contributed by atoms with Gasteiger partial charge in [-0.3, -0.25) is 0 Å². The number of anilines is 1. The number of benzene rings is 1. The summed E-state index contributed by atoms with van der Waals surface area (Å²) in [5.41, 5.74) is -3.61. The second-order valence-corrected chi connectivity index (χ2v) is 6.98. The fourth-order valence-electron chi connectivity index (χ4n) is 3.26. The third-order valence-electron chi connectivity index (χ3n) is 4.95. The molecule has 8 nitrogen and oxygen atoms in total. The zero-order valence-electron chi connectivity index (χ0n) is 17.0. The maximum Gasteiger partial charge on any atom is 0.418 e. The molecular formula is C19H14F6N8. The highest BCUT2D eigenvalue weighted by atomic mass is 19.4. The van der Waals surface area contributed by atoms with Gasteiger partial charge in [0.2, 0.25) is 0 Å². The maximum absolute atomic E-state index is 13.6. The van der Waals surface area contributed by atoms with Crippen LogP contribution in [0.3, 0.4) is 0 Å². The highest BCUT2D eigenvalue weighted by molar-refractivity contribution is 5.92. The molecule has 33 heavy (non-hydrogen) atoms. The summed E-state index contributed by atoms with van der Waals surface area (Å²) in [4.78, 5) is 21.3. The molecule has 0 bridgehead atoms. The first-order chi connectivity index (χ1) is 15.5. The van der Waals surface area contributed by atoms with Crippen LogP contribution in [0.4, 0.5) is 32.2 Å². The molecule has 172 valence electrons. The molecule has 1 aromatic carbocycles. The minimum atomic E-state index is -5.06. The molecular weight excluding hydrogens is 454 g/mol. The van der Waals surface area contributed by atoms with Crippen LogP contribution >= 0.6 is 0 Å². The van der Waals surface area contributed by atoms with Crippen LogP contribution < -0.4 is 4.90 Å². The lowest BCUT2D eigenvalue weighted by Gasteiger charge is -2.27. The van der Waals surface area contributed by atoms with Crippen molar-refractivity contribution in [1.82, 2.24) is 34.7 Å². The van der Waals surface area contributed by atoms with Crippen molar-refractivity contribution in [3.8, 4) is 5.95 Å². The summed E-state index contributed by atoms with van der Waals surface area (Å²) >= 11 is 0. The number of fused-ring (bicyclic) bond motifs is 1. The topological polar surface area (TPSA) is 85.5 Å². The minimum absolute atomic E-state index is 0.0475. The average molecular weight is 468 g/mol. The molecule has 1 atom stereocenters. The van der Waals surface area contributed by atoms with Gasteiger partial charge in [-0.05, 0) is 25.1 Å². The SMILES string of the molecule is CC(c1ncnn1-c1ncccn1)N(C)c1ncnc2c(C(F)(F)F)cc(C(F)(F)F)cc12. The van der Waals surface area contributed by atoms with Crippen LogP contribution in [0.25, 0.3) is 16.9 Å². The predicted molar refractivity (Wildman–Crippen MR) is 103 cm³/mol. The Morgan fingerprint density at radius 3 is 2.21 bits per heavy atom. The van der Waals surface area contributed by atoms with Gasteiger partial charge in [-0.25, -0.2) is 24.9 Å². The number of aromatic nitrogens is 7. The number of hydrogen-bond donors (Lipinski definition) is 0. The zero-order chi connectivity index (χ0) is 24.0. The van der Waals surface area contributed by atoms with Crippen molar-refractivity contribution in [3.05, 3.63) is 60.2 Å². The lowest BCUT2D eigenvalue weighted by molar-refractivity contribution is -0.142. The fourth-order valence-corrected chi connectivity index (χ4v) is 3.26. The molecule has 0 aliphatic heterocycles. The van der Waals surface area contributed by atoms with Crippen LogP contribution in [-0.2, 0) is 12.4 Å². The van der Waals surface area contributed by atoms with Gasteiger partial charge in [0.25, 0.3) is 5.95 Å². The second kappa shape index (κ2) is 7.94. The average Bonchev–Trinajstić information content (AvgIpc) is 3.26. The van der Waals surface area contributed by atoms with Crippen LogP contribution in [0, 0.1) is 0 Å². The molecule has 0 aliphatic carbocycles. The molecule has 0 saturated carbocycles. The van der Waals surface area contributed by atoms with Gasteiger partial charge >= 0.3 is 12.4 Å². The molecule has 3 heterocycles. The lowest BCUT2D eigenvalue weighted by Crippen LogP contribution is -2.26. The van der Waals surface area contributed by atoms with Crippen molar-refractivity contribution in [2.75, 3.05) is 11.9 Å². The number of nitrogens with zero attached hydrogens (tertiary/aromatic N) is 8. The smallest absolute Gasteiger partial charge is 0.349 e. The molecule has 0 aliphatic rings. The van der Waals surface area contributed by atoms with Gasteiger partial charge in [-0.1, -0.05) is 0 Å². The van der Waals surface area contributed by atoms with Crippen LogP contribution in [0.15, 0.2) is 43.2 Å². The van der Waals surface area contributed by atoms with Gasteiger partial charge in [-0.2, -0.15) is 36.1 Å². The Kier molecular flexibility index (Phi) is 5.38. The molecule has 0 spiro atoms. The van der Waals surface area contributed by atoms with Crippen LogP contribution in [0.1, 0.15) is 29.9 Å². The summed E-state index contributed by atoms with van der Waals surface area (Å²) in [6.07, 6.45) is -4.99. The van der Waals surface area contributed by atoms with E-state index in [4.69, 9.17) is 0 Å². The maximum atomic E-state index is 13.6. The first kappa shape index (κ1) is 22.4. The van der Waals surface area contributed by atoms with Gasteiger partial charge in [-0.15, -0.1) is 0 Å². The Morgan fingerprint density at radius 2 is 1.58 bits per heavy atom. The Balaban J connectivity index is 1.86. The standard InChI is InChI=1S/C19H14F6N8/c1-10(15-30-9-31-33(15)17-26-4-3-5-27-17)32(2)16-12-6-11(18(20,21)22)7-13(19(23,24)25)14(12)28-8-29-16/h3-10H,1-2H3. The molecule has 0 N–H and O–H groups in total. The monoisotopic (exact) mass is 468 g/mol. The quantitative estimate of drug-likeness (QED) is 0.414. The van der Waals surface area contributed by atoms with E-state index >= 15 is 0 Å². The van der Waals surface area contributed by atoms with Crippen molar-refractivity contribution < 1.29 is 26.3 Å². The summed E-state index contributed by atoms with van der Waals surface area (Å²) in [6, 6.07) is 1.55. The van der Waals surface area contributed by atoms with Crippen molar-refractivity contribution >= 4 is 16.7 Å². The second-order valence-electron chi connectivity index (χ2n) is 6.98. The van der Waals surface area contributed by atoms with E-state index in [1.165, 1.54) is 35.4 Å². The third-order valence-corrected chi connectivity index (χ3v) is 4.95. The Labute approximate surface area is 182 Å². The van der Waals surface area contributed by atoms with Crippen LogP contribution in [-0.4, -0.2) is 41.7 Å². The summed E-state index contributed by atoms with van der Waals surface area (Å²) in [5.74, 6) is 0.336. The number of rotatable bonds is 4. The first-order valence-corrected chi connectivity index (χ1v) is 9.31. The van der Waals surface area contributed by atoms with Crippen LogP contribution in [0.5, 0.6) is 0 Å². The van der Waals surface area contributed by atoms with E-state index in [0.29, 0.717) is 11.9 Å². The van der Waals surface area contributed by atoms with Gasteiger partial charge < -0.3 is 4.90 Å². The molecule has 1 unspecified atom stereocenters. The summed E-state index contributed by atoms with van der Waals surface area (Å²) in [6.45, 7) is 1.63. The number of alkyl halides is 6. The zero-order valence-corrected chi connectivity index (χ0v) is 17.0. The molecule has 0 radical (unpaired) electrons. The Hall–Kier alpha value is -3.84. The normalized spacial score (nSPS) is 13.3. The van der Waals surface area contributed by atoms with Gasteiger partial charge in [0, 0.05) is 24.8 Å². The van der Waals surface area contributed by atoms with Crippen molar-refractivity contribution in [2.45, 2.75) is 25.3 Å². The largest absolute Gasteiger partial charge is 0.418 e. The van der Waals surface area contributed by atoms with Gasteiger partial charge in [0.1, 0.15) is 18.5 Å². The van der Waals surface area contributed by atoms with Crippen molar-refractivity contribution in [3.63, 3.8) is 0 Å². The first-order valence-electron chi connectivity index (χ1n) is 9.31. The highest BCUT2D eigenvalue weighted by Crippen LogP contribution is 2.41.